The van der Waals surface area contributed by atoms with E-state index in [1.54, 1.807) is 19.8 Å². The van der Waals surface area contributed by atoms with Crippen LogP contribution in [0, 0.1) is 0 Å². The number of methoxy groups -OCH3 is 1. The fourth-order valence-electron chi connectivity index (χ4n) is 3.42. The number of nitrogens with zero attached hydrogens (tertiary/aromatic N) is 5. The Kier molecular flexibility index (Phi) is 5.41. The molecule has 3 heterocycles. The molecule has 0 saturated heterocycles. The zero-order valence-corrected chi connectivity index (χ0v) is 17.8. The van der Waals surface area contributed by atoms with Crippen molar-refractivity contribution in [3.8, 4) is 16.9 Å². The molecule has 0 saturated carbocycles. The minimum Gasteiger partial charge on any atom is -0.496 e. The summed E-state index contributed by atoms with van der Waals surface area (Å²) in [4.78, 5) is 8.69. The number of anilines is 1. The molecule has 4 aromatic rings. The molecule has 148 valence electrons. The van der Waals surface area contributed by atoms with E-state index in [1.807, 2.05) is 40.9 Å². The Balaban J connectivity index is 1.72. The number of nitrogens with one attached hydrogen (secondary N) is 1. The first-order chi connectivity index (χ1) is 14.1. The largest absolute Gasteiger partial charge is 0.496 e. The lowest BCUT2D eigenvalue weighted by Crippen LogP contribution is -2.11. The Hall–Kier alpha value is -3.05. The third kappa shape index (κ3) is 3.66. The van der Waals surface area contributed by atoms with Gasteiger partial charge in [0.05, 0.1) is 12.8 Å². The lowest BCUT2D eigenvalue weighted by atomic mass is 10.00. The molecule has 1 N–H and O–H groups in total. The Morgan fingerprint density at radius 3 is 2.83 bits per heavy atom. The molecule has 0 aliphatic heterocycles. The van der Waals surface area contributed by atoms with Gasteiger partial charge in [-0.2, -0.15) is 0 Å². The minimum absolute atomic E-state index is 0.278. The second-order valence-electron chi connectivity index (χ2n) is 7.01. The summed E-state index contributed by atoms with van der Waals surface area (Å²) >= 11 is 0. The molecule has 3 aromatic heterocycles. The van der Waals surface area contributed by atoms with Gasteiger partial charge in [0.1, 0.15) is 24.2 Å². The van der Waals surface area contributed by atoms with E-state index in [1.165, 1.54) is 0 Å². The summed E-state index contributed by atoms with van der Waals surface area (Å²) in [5.74, 6) is 2.02. The average molecular weight is 406 g/mol. The molecule has 0 aliphatic carbocycles. The summed E-state index contributed by atoms with van der Waals surface area (Å²) in [7, 11) is 4.44. The number of hydrogen-bond acceptors (Lipinski definition) is 6. The minimum atomic E-state index is 0.278. The zero-order valence-electron chi connectivity index (χ0n) is 16.6. The summed E-state index contributed by atoms with van der Waals surface area (Å²) in [5.41, 5.74) is 4.78. The maximum atomic E-state index is 5.50. The third-order valence-corrected chi connectivity index (χ3v) is 5.41. The van der Waals surface area contributed by atoms with E-state index in [0.717, 1.165) is 44.9 Å². The van der Waals surface area contributed by atoms with Gasteiger partial charge in [0.25, 0.3) is 0 Å². The summed E-state index contributed by atoms with van der Waals surface area (Å²) in [6.45, 7) is 4.86. The van der Waals surface area contributed by atoms with Crippen LogP contribution in [-0.2, 0) is 6.54 Å². The van der Waals surface area contributed by atoms with Crippen molar-refractivity contribution in [3.05, 3.63) is 60.4 Å². The molecule has 1 atom stereocenters. The first-order valence-corrected chi connectivity index (χ1v) is 9.96. The number of ether oxygens (including phenoxy) is 1. The molecule has 0 radical (unpaired) electrons. The molecule has 0 bridgehead atoms. The number of fused-ring (bicyclic) bond motifs is 1. The summed E-state index contributed by atoms with van der Waals surface area (Å²) in [6.07, 6.45) is 5.14. The Morgan fingerprint density at radius 2 is 2.03 bits per heavy atom. The second-order valence-corrected chi connectivity index (χ2v) is 7.64. The third-order valence-electron chi connectivity index (χ3n) is 4.87. The number of rotatable bonds is 6. The molecule has 8 heteroatoms. The molecule has 29 heavy (non-hydrogen) atoms. The van der Waals surface area contributed by atoms with E-state index in [4.69, 9.17) is 4.74 Å². The highest BCUT2D eigenvalue weighted by molar-refractivity contribution is 7.27. The molecule has 0 aliphatic rings. The van der Waals surface area contributed by atoms with Crippen LogP contribution in [0.2, 0.25) is 0 Å². The van der Waals surface area contributed by atoms with E-state index in [-0.39, 0.29) is 5.92 Å². The topological polar surface area (TPSA) is 77.2 Å². The Bertz CT molecular complexity index is 1160. The van der Waals surface area contributed by atoms with E-state index in [2.05, 4.69) is 48.6 Å². The van der Waals surface area contributed by atoms with Crippen LogP contribution in [-0.4, -0.2) is 31.7 Å². The van der Waals surface area contributed by atoms with Gasteiger partial charge in [0.15, 0.2) is 5.65 Å². The molecule has 4 rings (SSSR count). The monoisotopic (exact) mass is 406 g/mol. The van der Waals surface area contributed by atoms with Crippen LogP contribution in [0.25, 0.3) is 16.8 Å². The van der Waals surface area contributed by atoms with E-state index < -0.39 is 0 Å². The highest BCUT2D eigenvalue weighted by Crippen LogP contribution is 2.31. The number of benzene rings is 1. The second kappa shape index (κ2) is 8.13. The van der Waals surface area contributed by atoms with Gasteiger partial charge >= 0.3 is 0 Å². The smallest absolute Gasteiger partial charge is 0.170 e. The van der Waals surface area contributed by atoms with Crippen molar-refractivity contribution < 1.29 is 4.74 Å². The van der Waals surface area contributed by atoms with Gasteiger partial charge in [-0.25, -0.2) is 9.97 Å². The maximum Gasteiger partial charge on any atom is 0.170 e. The van der Waals surface area contributed by atoms with Crippen molar-refractivity contribution in [3.63, 3.8) is 0 Å². The van der Waals surface area contributed by atoms with Crippen LogP contribution in [0.3, 0.4) is 0 Å². The van der Waals surface area contributed by atoms with Gasteiger partial charge in [-0.1, -0.05) is 26.0 Å². The van der Waals surface area contributed by atoms with Crippen LogP contribution in [0.5, 0.6) is 5.75 Å². The van der Waals surface area contributed by atoms with Gasteiger partial charge in [0.2, 0.25) is 0 Å². The highest BCUT2D eigenvalue weighted by Gasteiger charge is 2.16. The van der Waals surface area contributed by atoms with Gasteiger partial charge in [-0.3, -0.25) is 4.40 Å². The molecular weight excluding hydrogens is 383 g/mol. The Labute approximate surface area is 171 Å². The first-order valence-electron chi connectivity index (χ1n) is 9.38. The quantitative estimate of drug-likeness (QED) is 0.495. The predicted octanol–water partition coefficient (Wildman–Crippen LogP) is 3.43. The Morgan fingerprint density at radius 1 is 1.17 bits per heavy atom. The van der Waals surface area contributed by atoms with Crippen LogP contribution in [0.1, 0.15) is 31.0 Å². The van der Waals surface area contributed by atoms with Crippen LogP contribution in [0.4, 0.5) is 5.82 Å². The summed E-state index contributed by atoms with van der Waals surface area (Å²) in [6, 6.07) is 10.1. The van der Waals surface area contributed by atoms with E-state index >= 15 is 0 Å². The lowest BCUT2D eigenvalue weighted by molar-refractivity contribution is 0.411. The van der Waals surface area contributed by atoms with E-state index in [9.17, 15) is 0 Å². The molecule has 0 spiro atoms. The van der Waals surface area contributed by atoms with Gasteiger partial charge in [-0.05, 0) is 29.4 Å². The molecule has 7 nitrogen and oxygen atoms in total. The van der Waals surface area contributed by atoms with Crippen molar-refractivity contribution in [2.24, 2.45) is 0 Å². The van der Waals surface area contributed by atoms with Crippen molar-refractivity contribution in [1.82, 2.24) is 24.6 Å². The van der Waals surface area contributed by atoms with Gasteiger partial charge < -0.3 is 10.1 Å². The standard InChI is InChI=1S/C21H23N6OP/c1-13(2)20-15(9-22-11-24-20)14-7-8-19(27-12-25-26-21(14)27)23-10-16-17(28-3)5-4-6-18(16)29/h4-9,11-13,23H,10,29H2,1-3H3. The molecular formula is C21H23N6OP. The zero-order chi connectivity index (χ0) is 20.4. The van der Waals surface area contributed by atoms with Crippen molar-refractivity contribution in [2.45, 2.75) is 26.3 Å². The van der Waals surface area contributed by atoms with Crippen molar-refractivity contribution in [1.29, 1.82) is 0 Å². The van der Waals surface area contributed by atoms with Crippen LogP contribution < -0.4 is 15.4 Å². The molecule has 0 amide bonds. The van der Waals surface area contributed by atoms with Crippen LogP contribution in [0.15, 0.2) is 49.2 Å². The highest BCUT2D eigenvalue weighted by atomic mass is 31.0. The summed E-state index contributed by atoms with van der Waals surface area (Å²) < 4.78 is 7.45. The van der Waals surface area contributed by atoms with Gasteiger partial charge in [-0.15, -0.1) is 19.4 Å². The average Bonchev–Trinajstić information content (AvgIpc) is 3.22. The fourth-order valence-corrected chi connectivity index (χ4v) is 3.77. The van der Waals surface area contributed by atoms with Gasteiger partial charge in [0, 0.05) is 29.4 Å². The molecule has 1 unspecified atom stereocenters. The van der Waals surface area contributed by atoms with E-state index in [0.29, 0.717) is 6.54 Å². The first kappa shape index (κ1) is 19.3. The lowest BCUT2D eigenvalue weighted by Gasteiger charge is -2.15. The molecule has 0 fully saturated rings. The molecule has 1 aromatic carbocycles. The summed E-state index contributed by atoms with van der Waals surface area (Å²) in [5, 5.41) is 13.1. The number of aromatic nitrogens is 5. The predicted molar refractivity (Wildman–Crippen MR) is 118 cm³/mol. The maximum absolute atomic E-state index is 5.50. The fraction of sp³-hybridized carbons (Fsp3) is 0.238. The normalized spacial score (nSPS) is 11.2. The van der Waals surface area contributed by atoms with Crippen LogP contribution >= 0.6 is 9.24 Å². The SMILES string of the molecule is COc1cccc(P)c1CNc1ccc(-c2cncnc2C(C)C)c2nncn12. The van der Waals surface area contributed by atoms with Crippen molar-refractivity contribution in [2.75, 3.05) is 12.4 Å². The van der Waals surface area contributed by atoms with Crippen molar-refractivity contribution >= 4 is 26.0 Å². The number of pyridine rings is 1. The number of hydrogen-bond donors (Lipinski definition) is 1.